The summed E-state index contributed by atoms with van der Waals surface area (Å²) in [6.07, 6.45) is -2.55. The summed E-state index contributed by atoms with van der Waals surface area (Å²) in [5.74, 6) is -4.57. The number of pyridine rings is 1. The van der Waals surface area contributed by atoms with Crippen LogP contribution in [0.5, 0.6) is 0 Å². The zero-order valence-corrected chi connectivity index (χ0v) is 15.2. The number of nitrogens with one attached hydrogen (secondary N) is 1. The Hall–Kier alpha value is -2.65. The Morgan fingerprint density at radius 3 is 2.61 bits per heavy atom. The van der Waals surface area contributed by atoms with Gasteiger partial charge in [-0.1, -0.05) is 19.9 Å². The number of fused-ring (bicyclic) bond motifs is 1. The van der Waals surface area contributed by atoms with E-state index in [1.54, 1.807) is 17.4 Å². The molecule has 2 fully saturated rings. The highest BCUT2D eigenvalue weighted by Crippen LogP contribution is 2.64. The molecule has 1 saturated heterocycles. The fourth-order valence-electron chi connectivity index (χ4n) is 4.19. The summed E-state index contributed by atoms with van der Waals surface area (Å²) >= 11 is 0. The van der Waals surface area contributed by atoms with Gasteiger partial charge in [-0.3, -0.25) is 14.6 Å². The lowest BCUT2D eigenvalue weighted by Crippen LogP contribution is -2.56. The SMILES string of the molecule is CC1(C)[C@@H]2[C@@H](C(=O)O)N(C(=O)[C@H](Cc3cccnc3)NC(=O)C(F)(F)F)C[C@@H]21. The number of carbonyl (C=O) groups is 3. The smallest absolute Gasteiger partial charge is 0.471 e. The van der Waals surface area contributed by atoms with Crippen LogP contribution < -0.4 is 5.32 Å². The number of halogens is 3. The van der Waals surface area contributed by atoms with Gasteiger partial charge in [0.05, 0.1) is 0 Å². The topological polar surface area (TPSA) is 99.6 Å². The van der Waals surface area contributed by atoms with E-state index in [0.717, 1.165) is 4.90 Å². The Morgan fingerprint density at radius 1 is 1.39 bits per heavy atom. The van der Waals surface area contributed by atoms with Crippen molar-refractivity contribution in [2.24, 2.45) is 17.3 Å². The second-order valence-electron chi connectivity index (χ2n) is 7.82. The molecule has 152 valence electrons. The number of carboxylic acid groups (broad SMARTS) is 1. The molecule has 0 unspecified atom stereocenters. The van der Waals surface area contributed by atoms with E-state index < -0.39 is 36.0 Å². The molecule has 0 bridgehead atoms. The molecule has 4 atom stereocenters. The number of hydrogen-bond donors (Lipinski definition) is 2. The third-order valence-electron chi connectivity index (χ3n) is 5.77. The molecule has 2 N–H and O–H groups in total. The van der Waals surface area contributed by atoms with Gasteiger partial charge in [-0.2, -0.15) is 13.2 Å². The van der Waals surface area contributed by atoms with Crippen molar-refractivity contribution in [2.45, 2.75) is 38.5 Å². The normalized spacial score (nSPS) is 26.3. The van der Waals surface area contributed by atoms with Crippen LogP contribution in [0.2, 0.25) is 0 Å². The van der Waals surface area contributed by atoms with Crippen molar-refractivity contribution in [2.75, 3.05) is 6.54 Å². The van der Waals surface area contributed by atoms with Gasteiger partial charge < -0.3 is 15.3 Å². The predicted molar refractivity (Wildman–Crippen MR) is 89.8 cm³/mol. The van der Waals surface area contributed by atoms with E-state index in [1.807, 2.05) is 13.8 Å². The van der Waals surface area contributed by atoms with Crippen molar-refractivity contribution < 1.29 is 32.7 Å². The largest absolute Gasteiger partial charge is 0.480 e. The Morgan fingerprint density at radius 2 is 2.07 bits per heavy atom. The number of piperidine rings is 1. The molecule has 7 nitrogen and oxygen atoms in total. The van der Waals surface area contributed by atoms with Crippen molar-refractivity contribution in [3.05, 3.63) is 30.1 Å². The Kier molecular flexibility index (Phi) is 4.84. The molecule has 1 aromatic rings. The second-order valence-corrected chi connectivity index (χ2v) is 7.82. The van der Waals surface area contributed by atoms with Crippen LogP contribution >= 0.6 is 0 Å². The molecular formula is C18H20F3N3O4. The molecule has 1 aliphatic carbocycles. The van der Waals surface area contributed by atoms with Crippen LogP contribution in [-0.4, -0.2) is 57.6 Å². The first-order valence-corrected chi connectivity index (χ1v) is 8.74. The molecule has 2 aliphatic rings. The average Bonchev–Trinajstić information content (AvgIpc) is 2.96. The van der Waals surface area contributed by atoms with Crippen LogP contribution in [0, 0.1) is 17.3 Å². The standard InChI is InChI=1S/C18H20F3N3O4/c1-17(2)10-8-24(13(12(10)17)15(26)27)14(25)11(23-16(28)18(19,20)21)6-9-4-3-5-22-7-9/h3-5,7,10-13H,6,8H2,1-2H3,(H,23,28)(H,26,27)/t10-,11-,12-,13-/m0/s1. The van der Waals surface area contributed by atoms with Crippen LogP contribution in [0.25, 0.3) is 0 Å². The van der Waals surface area contributed by atoms with E-state index in [9.17, 15) is 32.7 Å². The molecule has 1 aromatic heterocycles. The molecule has 1 saturated carbocycles. The van der Waals surface area contributed by atoms with Crippen molar-refractivity contribution >= 4 is 17.8 Å². The third kappa shape index (κ3) is 3.55. The number of carbonyl (C=O) groups excluding carboxylic acids is 2. The number of aromatic nitrogens is 1. The van der Waals surface area contributed by atoms with E-state index >= 15 is 0 Å². The van der Waals surface area contributed by atoms with Crippen LogP contribution in [0.4, 0.5) is 13.2 Å². The van der Waals surface area contributed by atoms with E-state index in [4.69, 9.17) is 0 Å². The first kappa shape index (κ1) is 20.1. The second kappa shape index (κ2) is 6.75. The summed E-state index contributed by atoms with van der Waals surface area (Å²) in [7, 11) is 0. The first-order valence-electron chi connectivity index (χ1n) is 8.74. The van der Waals surface area contributed by atoms with Crippen molar-refractivity contribution in [1.29, 1.82) is 0 Å². The number of amides is 2. The van der Waals surface area contributed by atoms with Crippen molar-refractivity contribution in [3.63, 3.8) is 0 Å². The van der Waals surface area contributed by atoms with E-state index in [2.05, 4.69) is 4.98 Å². The number of alkyl halides is 3. The fourth-order valence-corrected chi connectivity index (χ4v) is 4.19. The molecule has 1 aliphatic heterocycles. The van der Waals surface area contributed by atoms with Crippen LogP contribution in [-0.2, 0) is 20.8 Å². The quantitative estimate of drug-likeness (QED) is 0.776. The van der Waals surface area contributed by atoms with Gasteiger partial charge in [0.1, 0.15) is 12.1 Å². The van der Waals surface area contributed by atoms with Gasteiger partial charge >= 0.3 is 18.1 Å². The summed E-state index contributed by atoms with van der Waals surface area (Å²) in [6.45, 7) is 3.94. The summed E-state index contributed by atoms with van der Waals surface area (Å²) in [5.41, 5.74) is 0.202. The number of carboxylic acids is 1. The van der Waals surface area contributed by atoms with Gasteiger partial charge in [-0.05, 0) is 23.0 Å². The summed E-state index contributed by atoms with van der Waals surface area (Å²) in [5, 5.41) is 11.3. The van der Waals surface area contributed by atoms with Gasteiger partial charge in [-0.25, -0.2) is 4.79 Å². The highest BCUT2D eigenvalue weighted by atomic mass is 19.4. The minimum absolute atomic E-state index is 0.0325. The maximum atomic E-state index is 13.0. The van der Waals surface area contributed by atoms with Crippen LogP contribution in [0.1, 0.15) is 19.4 Å². The number of likely N-dealkylation sites (tertiary alicyclic amines) is 1. The molecule has 0 spiro atoms. The minimum Gasteiger partial charge on any atom is -0.480 e. The molecule has 0 aromatic carbocycles. The van der Waals surface area contributed by atoms with E-state index in [1.165, 1.54) is 12.4 Å². The van der Waals surface area contributed by atoms with Gasteiger partial charge in [0.2, 0.25) is 5.91 Å². The van der Waals surface area contributed by atoms with Gasteiger partial charge in [0.25, 0.3) is 0 Å². The monoisotopic (exact) mass is 399 g/mol. The Balaban J connectivity index is 1.84. The lowest BCUT2D eigenvalue weighted by Gasteiger charge is -2.31. The molecule has 28 heavy (non-hydrogen) atoms. The maximum absolute atomic E-state index is 13.0. The van der Waals surface area contributed by atoms with Crippen LogP contribution in [0.15, 0.2) is 24.5 Å². The molecular weight excluding hydrogens is 379 g/mol. The molecule has 2 amide bonds. The predicted octanol–water partition coefficient (Wildman–Crippen LogP) is 1.24. The number of hydrogen-bond acceptors (Lipinski definition) is 4. The van der Waals surface area contributed by atoms with E-state index in [0.29, 0.717) is 5.56 Å². The molecule has 2 heterocycles. The fraction of sp³-hybridized carbons (Fsp3) is 0.556. The molecule has 3 rings (SSSR count). The number of aliphatic carboxylic acids is 1. The summed E-state index contributed by atoms with van der Waals surface area (Å²) in [6, 6.07) is 0.454. The van der Waals surface area contributed by atoms with Crippen molar-refractivity contribution in [1.82, 2.24) is 15.2 Å². The van der Waals surface area contributed by atoms with Gasteiger partial charge in [0, 0.05) is 31.3 Å². The third-order valence-corrected chi connectivity index (χ3v) is 5.77. The zero-order chi connectivity index (χ0) is 20.9. The highest BCUT2D eigenvalue weighted by Gasteiger charge is 2.69. The Labute approximate surface area is 158 Å². The average molecular weight is 399 g/mol. The summed E-state index contributed by atoms with van der Waals surface area (Å²) in [4.78, 5) is 41.1. The number of nitrogens with zero attached hydrogens (tertiary/aromatic N) is 2. The highest BCUT2D eigenvalue weighted by molar-refractivity contribution is 5.93. The van der Waals surface area contributed by atoms with Gasteiger partial charge in [-0.15, -0.1) is 0 Å². The lowest BCUT2D eigenvalue weighted by atomic mass is 9.99. The van der Waals surface area contributed by atoms with Gasteiger partial charge in [0.15, 0.2) is 0 Å². The van der Waals surface area contributed by atoms with E-state index in [-0.39, 0.29) is 30.2 Å². The Bertz CT molecular complexity index is 797. The first-order chi connectivity index (χ1) is 12.9. The zero-order valence-electron chi connectivity index (χ0n) is 15.2. The maximum Gasteiger partial charge on any atom is 0.471 e. The molecule has 0 radical (unpaired) electrons. The van der Waals surface area contributed by atoms with Crippen molar-refractivity contribution in [3.8, 4) is 0 Å². The van der Waals surface area contributed by atoms with Crippen LogP contribution in [0.3, 0.4) is 0 Å². The summed E-state index contributed by atoms with van der Waals surface area (Å²) < 4.78 is 38.2. The number of rotatable bonds is 5. The lowest BCUT2D eigenvalue weighted by molar-refractivity contribution is -0.175. The molecule has 10 heteroatoms. The minimum atomic E-state index is -5.16.